The van der Waals surface area contributed by atoms with Crippen molar-refractivity contribution in [3.05, 3.63) is 35.4 Å². The fourth-order valence-electron chi connectivity index (χ4n) is 2.48. The number of likely N-dealkylation sites (N-methyl/N-ethyl adjacent to an activating group) is 2. The molecule has 1 atom stereocenters. The predicted octanol–water partition coefficient (Wildman–Crippen LogP) is 1.67. The van der Waals surface area contributed by atoms with Crippen LogP contribution < -0.4 is 5.32 Å². The summed E-state index contributed by atoms with van der Waals surface area (Å²) >= 11 is 0. The molecule has 1 N–H and O–H groups in total. The number of benzene rings is 1. The van der Waals surface area contributed by atoms with Crippen molar-refractivity contribution in [3.63, 3.8) is 0 Å². The molecule has 3 heteroatoms. The zero-order chi connectivity index (χ0) is 12.8. The Balaban J connectivity index is 1.98. The van der Waals surface area contributed by atoms with E-state index >= 15 is 0 Å². The molecule has 1 heterocycles. The lowest BCUT2D eigenvalue weighted by Crippen LogP contribution is -2.31. The summed E-state index contributed by atoms with van der Waals surface area (Å²) in [5, 5.41) is 3.22. The van der Waals surface area contributed by atoms with E-state index in [1.54, 1.807) is 0 Å². The fourth-order valence-corrected chi connectivity index (χ4v) is 2.48. The van der Waals surface area contributed by atoms with Crippen LogP contribution in [0.4, 0.5) is 0 Å². The van der Waals surface area contributed by atoms with Crippen LogP contribution in [0.5, 0.6) is 0 Å². The maximum absolute atomic E-state index is 5.46. The van der Waals surface area contributed by atoms with Crippen LogP contribution in [0.1, 0.15) is 17.5 Å². The van der Waals surface area contributed by atoms with Gasteiger partial charge in [0.15, 0.2) is 0 Å². The normalized spacial score (nSPS) is 19.6. The quantitative estimate of drug-likeness (QED) is 0.829. The van der Waals surface area contributed by atoms with Crippen molar-refractivity contribution in [2.24, 2.45) is 0 Å². The molecule has 1 unspecified atom stereocenters. The fraction of sp³-hybridized carbons (Fsp3) is 0.600. The largest absolute Gasteiger partial charge is 0.380 e. The molecule has 1 aliphatic heterocycles. The Kier molecular flexibility index (Phi) is 5.17. The molecule has 0 bridgehead atoms. The van der Waals surface area contributed by atoms with Gasteiger partial charge in [-0.3, -0.25) is 4.90 Å². The Morgan fingerprint density at radius 1 is 1.33 bits per heavy atom. The summed E-state index contributed by atoms with van der Waals surface area (Å²) in [4.78, 5) is 2.42. The minimum absolute atomic E-state index is 0.586. The highest BCUT2D eigenvalue weighted by molar-refractivity contribution is 5.27. The van der Waals surface area contributed by atoms with E-state index in [4.69, 9.17) is 4.74 Å². The van der Waals surface area contributed by atoms with Gasteiger partial charge in [-0.1, -0.05) is 24.3 Å². The summed E-state index contributed by atoms with van der Waals surface area (Å²) in [5.41, 5.74) is 2.90. The Hall–Kier alpha value is -0.900. The van der Waals surface area contributed by atoms with Gasteiger partial charge in [-0.15, -0.1) is 0 Å². The van der Waals surface area contributed by atoms with Crippen LogP contribution in [0, 0.1) is 0 Å². The van der Waals surface area contributed by atoms with Gasteiger partial charge in [-0.05, 0) is 44.6 Å². The van der Waals surface area contributed by atoms with Crippen LogP contribution >= 0.6 is 0 Å². The summed E-state index contributed by atoms with van der Waals surface area (Å²) in [7, 11) is 4.21. The van der Waals surface area contributed by atoms with Crippen molar-refractivity contribution < 1.29 is 4.74 Å². The second-order valence-electron chi connectivity index (χ2n) is 5.05. The second kappa shape index (κ2) is 6.88. The van der Waals surface area contributed by atoms with Gasteiger partial charge in [0, 0.05) is 19.2 Å². The first-order valence-electron chi connectivity index (χ1n) is 6.80. The van der Waals surface area contributed by atoms with Crippen LogP contribution in [0.15, 0.2) is 24.3 Å². The zero-order valence-electron chi connectivity index (χ0n) is 11.5. The highest BCUT2D eigenvalue weighted by Gasteiger charge is 2.20. The van der Waals surface area contributed by atoms with Crippen molar-refractivity contribution >= 4 is 0 Å². The van der Waals surface area contributed by atoms with E-state index in [0.29, 0.717) is 6.04 Å². The Labute approximate surface area is 110 Å². The van der Waals surface area contributed by atoms with Crippen molar-refractivity contribution in [2.75, 3.05) is 33.9 Å². The first-order chi connectivity index (χ1) is 8.81. The van der Waals surface area contributed by atoms with Crippen molar-refractivity contribution in [1.29, 1.82) is 0 Å². The van der Waals surface area contributed by atoms with E-state index in [9.17, 15) is 0 Å². The van der Waals surface area contributed by atoms with Crippen LogP contribution in [-0.2, 0) is 17.7 Å². The molecule has 0 aliphatic carbocycles. The Morgan fingerprint density at radius 3 is 2.78 bits per heavy atom. The maximum Gasteiger partial charge on any atom is 0.0622 e. The Morgan fingerprint density at radius 2 is 2.11 bits per heavy atom. The van der Waals surface area contributed by atoms with Crippen LogP contribution in [0.25, 0.3) is 0 Å². The third kappa shape index (κ3) is 3.55. The molecule has 1 aliphatic rings. The number of hydrogen-bond acceptors (Lipinski definition) is 3. The van der Waals surface area contributed by atoms with Gasteiger partial charge in [-0.25, -0.2) is 0 Å². The number of ether oxygens (including phenoxy) is 1. The molecule has 100 valence electrons. The molecular weight excluding hydrogens is 224 g/mol. The number of nitrogens with zero attached hydrogens (tertiary/aromatic N) is 1. The molecule has 0 aromatic heterocycles. The lowest BCUT2D eigenvalue weighted by Gasteiger charge is -2.24. The standard InChI is InChI=1S/C15H24N2O/c1-16-9-7-13-5-3-4-6-14(13)11-17(2)15-8-10-18-12-15/h3-6,15-16H,7-12H2,1-2H3. The second-order valence-corrected chi connectivity index (χ2v) is 5.05. The number of hydrogen-bond donors (Lipinski definition) is 1. The molecule has 1 fully saturated rings. The van der Waals surface area contributed by atoms with Gasteiger partial charge in [0.05, 0.1) is 6.61 Å². The van der Waals surface area contributed by atoms with E-state index in [0.717, 1.165) is 39.1 Å². The van der Waals surface area contributed by atoms with E-state index in [1.165, 1.54) is 11.1 Å². The molecule has 3 nitrogen and oxygen atoms in total. The summed E-state index contributed by atoms with van der Waals surface area (Å²) in [6, 6.07) is 9.34. The lowest BCUT2D eigenvalue weighted by molar-refractivity contribution is 0.156. The molecule has 1 aromatic carbocycles. The van der Waals surface area contributed by atoms with Gasteiger partial charge in [0.2, 0.25) is 0 Å². The van der Waals surface area contributed by atoms with Gasteiger partial charge in [0.25, 0.3) is 0 Å². The summed E-state index contributed by atoms with van der Waals surface area (Å²) < 4.78 is 5.46. The smallest absolute Gasteiger partial charge is 0.0622 e. The average Bonchev–Trinajstić information content (AvgIpc) is 2.91. The molecular formula is C15H24N2O. The van der Waals surface area contributed by atoms with Crippen LogP contribution in [-0.4, -0.2) is 44.8 Å². The molecule has 0 amide bonds. The SMILES string of the molecule is CNCCc1ccccc1CN(C)C1CCOC1. The summed E-state index contributed by atoms with van der Waals surface area (Å²) in [6.07, 6.45) is 2.26. The molecule has 0 spiro atoms. The molecule has 1 aromatic rings. The maximum atomic E-state index is 5.46. The first kappa shape index (κ1) is 13.5. The van der Waals surface area contributed by atoms with Crippen molar-refractivity contribution in [1.82, 2.24) is 10.2 Å². The number of rotatable bonds is 6. The van der Waals surface area contributed by atoms with Gasteiger partial charge >= 0.3 is 0 Å². The van der Waals surface area contributed by atoms with Gasteiger partial charge in [-0.2, -0.15) is 0 Å². The van der Waals surface area contributed by atoms with E-state index in [-0.39, 0.29) is 0 Å². The molecule has 1 saturated heterocycles. The molecule has 0 radical (unpaired) electrons. The highest BCUT2D eigenvalue weighted by atomic mass is 16.5. The number of nitrogens with one attached hydrogen (secondary N) is 1. The lowest BCUT2D eigenvalue weighted by atomic mass is 10.0. The monoisotopic (exact) mass is 248 g/mol. The van der Waals surface area contributed by atoms with Gasteiger partial charge < -0.3 is 10.1 Å². The Bertz CT molecular complexity index is 361. The van der Waals surface area contributed by atoms with Crippen LogP contribution in [0.3, 0.4) is 0 Å². The van der Waals surface area contributed by atoms with Crippen molar-refractivity contribution in [3.8, 4) is 0 Å². The minimum Gasteiger partial charge on any atom is -0.380 e. The zero-order valence-corrected chi connectivity index (χ0v) is 11.5. The van der Waals surface area contributed by atoms with E-state index < -0.39 is 0 Å². The topological polar surface area (TPSA) is 24.5 Å². The minimum atomic E-state index is 0.586. The summed E-state index contributed by atoms with van der Waals surface area (Å²) in [6.45, 7) is 3.85. The molecule has 2 rings (SSSR count). The van der Waals surface area contributed by atoms with Gasteiger partial charge in [0.1, 0.15) is 0 Å². The predicted molar refractivity (Wildman–Crippen MR) is 74.8 cm³/mol. The molecule has 0 saturated carbocycles. The van der Waals surface area contributed by atoms with E-state index in [2.05, 4.69) is 41.5 Å². The highest BCUT2D eigenvalue weighted by Crippen LogP contribution is 2.16. The third-order valence-corrected chi connectivity index (χ3v) is 3.71. The van der Waals surface area contributed by atoms with Crippen LogP contribution in [0.2, 0.25) is 0 Å². The van der Waals surface area contributed by atoms with E-state index in [1.807, 2.05) is 7.05 Å². The average molecular weight is 248 g/mol. The molecule has 18 heavy (non-hydrogen) atoms. The van der Waals surface area contributed by atoms with Crippen molar-refractivity contribution in [2.45, 2.75) is 25.4 Å². The summed E-state index contributed by atoms with van der Waals surface area (Å²) in [5.74, 6) is 0. The third-order valence-electron chi connectivity index (χ3n) is 3.71. The first-order valence-corrected chi connectivity index (χ1v) is 6.80.